The van der Waals surface area contributed by atoms with Crippen molar-refractivity contribution in [2.45, 2.75) is 37.9 Å². The molecular weight excluding hydrogens is 368 g/mol. The Morgan fingerprint density at radius 3 is 2.48 bits per heavy atom. The summed E-state index contributed by atoms with van der Waals surface area (Å²) in [7, 11) is 3.03. The first kappa shape index (κ1) is 19.6. The maximum absolute atomic E-state index is 12.7. The fourth-order valence-corrected chi connectivity index (χ4v) is 4.44. The summed E-state index contributed by atoms with van der Waals surface area (Å²) in [5.74, 6) is 0.221. The maximum atomic E-state index is 12.7. The van der Waals surface area contributed by atoms with Crippen LogP contribution in [0, 0.1) is 6.92 Å². The molecule has 0 N–H and O–H groups in total. The van der Waals surface area contributed by atoms with Gasteiger partial charge >= 0.3 is 5.69 Å². The van der Waals surface area contributed by atoms with Crippen molar-refractivity contribution in [3.63, 3.8) is 0 Å². The third-order valence-corrected chi connectivity index (χ3v) is 5.92. The number of aromatic nitrogens is 3. The third kappa shape index (κ3) is 3.66. The molecule has 2 aromatic heterocycles. The molecular formula is C18H24N4O4S. The van der Waals surface area contributed by atoms with Gasteiger partial charge in [0.25, 0.3) is 5.56 Å². The molecule has 27 heavy (non-hydrogen) atoms. The number of fused-ring (bicyclic) bond motifs is 1. The minimum atomic E-state index is -0.424. The Labute approximate surface area is 161 Å². The molecule has 1 amide bonds. The molecule has 0 saturated carbocycles. The van der Waals surface area contributed by atoms with E-state index in [1.54, 1.807) is 18.1 Å². The number of ether oxygens (including phenoxy) is 1. The number of pyridine rings is 1. The Balaban J connectivity index is 1.93. The fraction of sp³-hybridized carbons (Fsp3) is 0.556. The van der Waals surface area contributed by atoms with Crippen molar-refractivity contribution < 1.29 is 9.53 Å². The first-order chi connectivity index (χ1) is 12.7. The highest BCUT2D eigenvalue weighted by atomic mass is 32.2. The molecule has 2 atom stereocenters. The second-order valence-electron chi connectivity index (χ2n) is 7.02. The van der Waals surface area contributed by atoms with Gasteiger partial charge in [0, 0.05) is 38.3 Å². The molecule has 2 aromatic rings. The SMILES string of the molecule is Cc1cnc2c(c1SCC(=O)N1CC(C)OC(C)C1)c(=O)n(C)c(=O)n2C. The lowest BCUT2D eigenvalue weighted by molar-refractivity contribution is -0.140. The highest BCUT2D eigenvalue weighted by Crippen LogP contribution is 2.28. The van der Waals surface area contributed by atoms with Crippen LogP contribution < -0.4 is 11.2 Å². The quantitative estimate of drug-likeness (QED) is 0.714. The number of aryl methyl sites for hydroxylation is 2. The van der Waals surface area contributed by atoms with Crippen LogP contribution >= 0.6 is 11.8 Å². The number of hydrogen-bond acceptors (Lipinski definition) is 6. The van der Waals surface area contributed by atoms with E-state index in [9.17, 15) is 14.4 Å². The predicted molar refractivity (Wildman–Crippen MR) is 104 cm³/mol. The van der Waals surface area contributed by atoms with Gasteiger partial charge in [0.2, 0.25) is 5.91 Å². The minimum absolute atomic E-state index is 0.00741. The molecule has 1 aliphatic rings. The third-order valence-electron chi connectivity index (χ3n) is 4.71. The second-order valence-corrected chi connectivity index (χ2v) is 8.01. The number of morpholine rings is 1. The van der Waals surface area contributed by atoms with Crippen LogP contribution in [0.2, 0.25) is 0 Å². The molecule has 3 heterocycles. The van der Waals surface area contributed by atoms with E-state index in [0.717, 1.165) is 10.1 Å². The van der Waals surface area contributed by atoms with E-state index in [2.05, 4.69) is 4.98 Å². The molecule has 1 saturated heterocycles. The van der Waals surface area contributed by atoms with Gasteiger partial charge in [0.1, 0.15) is 5.65 Å². The number of rotatable bonds is 3. The topological polar surface area (TPSA) is 86.4 Å². The van der Waals surface area contributed by atoms with Crippen LogP contribution in [0.1, 0.15) is 19.4 Å². The van der Waals surface area contributed by atoms with Crippen LogP contribution in [0.4, 0.5) is 0 Å². The summed E-state index contributed by atoms with van der Waals surface area (Å²) >= 11 is 1.32. The van der Waals surface area contributed by atoms with E-state index in [4.69, 9.17) is 4.74 Å². The largest absolute Gasteiger partial charge is 0.372 e. The van der Waals surface area contributed by atoms with Gasteiger partial charge in [-0.2, -0.15) is 0 Å². The summed E-state index contributed by atoms with van der Waals surface area (Å²) in [6.45, 7) is 6.89. The number of amides is 1. The Kier molecular flexibility index (Phi) is 5.43. The van der Waals surface area contributed by atoms with Gasteiger partial charge in [-0.15, -0.1) is 11.8 Å². The minimum Gasteiger partial charge on any atom is -0.372 e. The van der Waals surface area contributed by atoms with E-state index in [1.165, 1.54) is 23.4 Å². The zero-order valence-electron chi connectivity index (χ0n) is 16.2. The highest BCUT2D eigenvalue weighted by Gasteiger charge is 2.26. The molecule has 8 nitrogen and oxygen atoms in total. The Hall–Kier alpha value is -2.13. The molecule has 146 valence electrons. The van der Waals surface area contributed by atoms with Gasteiger partial charge in [-0.05, 0) is 26.3 Å². The summed E-state index contributed by atoms with van der Waals surface area (Å²) in [5, 5.41) is 0.376. The highest BCUT2D eigenvalue weighted by molar-refractivity contribution is 8.00. The summed E-state index contributed by atoms with van der Waals surface area (Å²) in [4.78, 5) is 44.3. The van der Waals surface area contributed by atoms with Crippen molar-refractivity contribution in [1.29, 1.82) is 0 Å². The predicted octanol–water partition coefficient (Wildman–Crippen LogP) is 0.669. The molecule has 0 aromatic carbocycles. The lowest BCUT2D eigenvalue weighted by Crippen LogP contribution is -2.48. The molecule has 9 heteroatoms. The number of carbonyl (C=O) groups is 1. The van der Waals surface area contributed by atoms with Crippen LogP contribution in [-0.4, -0.2) is 56.0 Å². The number of hydrogen-bond donors (Lipinski definition) is 0. The van der Waals surface area contributed by atoms with Gasteiger partial charge in [0.15, 0.2) is 0 Å². The van der Waals surface area contributed by atoms with Crippen molar-refractivity contribution in [2.24, 2.45) is 14.1 Å². The fourth-order valence-electron chi connectivity index (χ4n) is 3.39. The van der Waals surface area contributed by atoms with Crippen molar-refractivity contribution in [3.05, 3.63) is 32.6 Å². The van der Waals surface area contributed by atoms with Crippen LogP contribution in [0.25, 0.3) is 11.0 Å². The molecule has 0 bridgehead atoms. The Morgan fingerprint density at radius 1 is 1.22 bits per heavy atom. The number of carbonyl (C=O) groups excluding carboxylic acids is 1. The summed E-state index contributed by atoms with van der Waals surface area (Å²) in [5.41, 5.74) is 0.317. The van der Waals surface area contributed by atoms with Gasteiger partial charge < -0.3 is 9.64 Å². The average Bonchev–Trinajstić information content (AvgIpc) is 2.62. The van der Waals surface area contributed by atoms with E-state index in [1.807, 2.05) is 20.8 Å². The summed E-state index contributed by atoms with van der Waals surface area (Å²) < 4.78 is 8.10. The summed E-state index contributed by atoms with van der Waals surface area (Å²) in [6, 6.07) is 0. The van der Waals surface area contributed by atoms with Gasteiger partial charge in [-0.25, -0.2) is 9.78 Å². The van der Waals surface area contributed by atoms with Crippen molar-refractivity contribution in [1.82, 2.24) is 19.0 Å². The van der Waals surface area contributed by atoms with Gasteiger partial charge in [-0.1, -0.05) is 0 Å². The first-order valence-corrected chi connectivity index (χ1v) is 9.80. The number of thioether (sulfide) groups is 1. The maximum Gasteiger partial charge on any atom is 0.332 e. The second kappa shape index (κ2) is 7.47. The smallest absolute Gasteiger partial charge is 0.332 e. The first-order valence-electron chi connectivity index (χ1n) is 8.82. The monoisotopic (exact) mass is 392 g/mol. The zero-order valence-corrected chi connectivity index (χ0v) is 17.0. The van der Waals surface area contributed by atoms with Gasteiger partial charge in [-0.3, -0.25) is 18.7 Å². The average molecular weight is 392 g/mol. The molecule has 0 spiro atoms. The number of nitrogens with zero attached hydrogens (tertiary/aromatic N) is 4. The van der Waals surface area contributed by atoms with Crippen LogP contribution in [-0.2, 0) is 23.6 Å². The van der Waals surface area contributed by atoms with Crippen LogP contribution in [0.15, 0.2) is 20.7 Å². The summed E-state index contributed by atoms with van der Waals surface area (Å²) in [6.07, 6.45) is 1.65. The Bertz CT molecular complexity index is 1000. The van der Waals surface area contributed by atoms with Crippen molar-refractivity contribution in [3.8, 4) is 0 Å². The molecule has 0 radical (unpaired) electrons. The van der Waals surface area contributed by atoms with Gasteiger partial charge in [0.05, 0.1) is 23.3 Å². The van der Waals surface area contributed by atoms with Crippen LogP contribution in [0.3, 0.4) is 0 Å². The van der Waals surface area contributed by atoms with Crippen LogP contribution in [0.5, 0.6) is 0 Å². The molecule has 1 fully saturated rings. The van der Waals surface area contributed by atoms with Crippen molar-refractivity contribution >= 4 is 28.7 Å². The molecule has 2 unspecified atom stereocenters. The molecule has 3 rings (SSSR count). The normalized spacial score (nSPS) is 20.3. The van der Waals surface area contributed by atoms with E-state index in [0.29, 0.717) is 29.0 Å². The van der Waals surface area contributed by atoms with E-state index >= 15 is 0 Å². The zero-order chi connectivity index (χ0) is 19.9. The van der Waals surface area contributed by atoms with E-state index < -0.39 is 11.2 Å². The molecule has 0 aliphatic carbocycles. The lowest BCUT2D eigenvalue weighted by Gasteiger charge is -2.35. The standard InChI is InChI=1S/C18H24N4O4S/c1-10-6-19-16-14(17(24)21(5)18(25)20(16)4)15(10)27-9-13(23)22-7-11(2)26-12(3)8-22/h6,11-12H,7-9H2,1-5H3. The van der Waals surface area contributed by atoms with E-state index in [-0.39, 0.29) is 23.9 Å². The van der Waals surface area contributed by atoms with Crippen molar-refractivity contribution in [2.75, 3.05) is 18.8 Å². The molecule has 1 aliphatic heterocycles. The Morgan fingerprint density at radius 2 is 1.85 bits per heavy atom. The lowest BCUT2D eigenvalue weighted by atomic mass is 10.2.